The van der Waals surface area contributed by atoms with Gasteiger partial charge < -0.3 is 5.32 Å². The van der Waals surface area contributed by atoms with Gasteiger partial charge in [-0.1, -0.05) is 23.4 Å². The molecule has 1 N–H and O–H groups in total. The molecule has 0 aliphatic rings. The van der Waals surface area contributed by atoms with Crippen molar-refractivity contribution in [1.82, 2.24) is 4.98 Å². The molecule has 1 amide bonds. The quantitative estimate of drug-likeness (QED) is 0.691. The maximum atomic E-state index is 12.2. The van der Waals surface area contributed by atoms with Gasteiger partial charge in [0.1, 0.15) is 0 Å². The zero-order valence-corrected chi connectivity index (χ0v) is 13.5. The van der Waals surface area contributed by atoms with E-state index in [-0.39, 0.29) is 5.91 Å². The number of amides is 1. The third-order valence-corrected chi connectivity index (χ3v) is 5.16. The summed E-state index contributed by atoms with van der Waals surface area (Å²) in [4.78, 5) is 16.6. The average molecular weight is 335 g/mol. The molecule has 3 nitrogen and oxygen atoms in total. The first-order valence-corrected chi connectivity index (χ1v) is 8.59. The number of nitrogens with one attached hydrogen (secondary N) is 1. The van der Waals surface area contributed by atoms with Crippen LogP contribution in [-0.4, -0.2) is 17.1 Å². The lowest BCUT2D eigenvalue weighted by atomic mass is 10.2. The van der Waals surface area contributed by atoms with Crippen LogP contribution >= 0.6 is 34.7 Å². The lowest BCUT2D eigenvalue weighted by molar-refractivity contribution is 0.102. The highest BCUT2D eigenvalue weighted by Gasteiger charge is 2.08. The molecule has 1 aromatic heterocycles. The van der Waals surface area contributed by atoms with Crippen molar-refractivity contribution in [2.24, 2.45) is 0 Å². The number of carbonyl (C=O) groups is 1. The number of fused-ring (bicyclic) bond motifs is 1. The molecule has 0 aliphatic carbocycles. The minimum atomic E-state index is -0.152. The van der Waals surface area contributed by atoms with Crippen molar-refractivity contribution >= 4 is 56.5 Å². The van der Waals surface area contributed by atoms with Crippen molar-refractivity contribution in [3.8, 4) is 0 Å². The predicted octanol–water partition coefficient (Wildman–Crippen LogP) is 4.92. The molecule has 0 bridgehead atoms. The third-order valence-electron chi connectivity index (χ3n) is 2.91. The molecule has 0 radical (unpaired) electrons. The maximum absolute atomic E-state index is 12.2. The smallest absolute Gasteiger partial charge is 0.255 e. The molecule has 0 aliphatic heterocycles. The van der Waals surface area contributed by atoms with E-state index in [9.17, 15) is 4.79 Å². The summed E-state index contributed by atoms with van der Waals surface area (Å²) in [5, 5.41) is 3.50. The summed E-state index contributed by atoms with van der Waals surface area (Å²) >= 11 is 9.06. The minimum Gasteiger partial charge on any atom is -0.322 e. The number of carbonyl (C=O) groups excluding carboxylic acids is 1. The zero-order valence-electron chi connectivity index (χ0n) is 11.1. The molecule has 0 unspecified atom stereocenters. The van der Waals surface area contributed by atoms with Crippen molar-refractivity contribution < 1.29 is 4.79 Å². The molecule has 0 saturated carbocycles. The Morgan fingerprint density at radius 3 is 2.71 bits per heavy atom. The molecule has 21 heavy (non-hydrogen) atoms. The number of hydrogen-bond donors (Lipinski definition) is 1. The Labute approximate surface area is 135 Å². The zero-order chi connectivity index (χ0) is 14.8. The summed E-state index contributed by atoms with van der Waals surface area (Å²) in [5.41, 5.74) is 2.29. The van der Waals surface area contributed by atoms with Crippen molar-refractivity contribution in [2.75, 3.05) is 11.6 Å². The summed E-state index contributed by atoms with van der Waals surface area (Å²) in [5.74, 6) is -0.152. The van der Waals surface area contributed by atoms with Crippen LogP contribution in [0.2, 0.25) is 5.02 Å². The number of halogens is 1. The van der Waals surface area contributed by atoms with E-state index in [2.05, 4.69) is 10.3 Å². The number of hydrogen-bond acceptors (Lipinski definition) is 4. The number of rotatable bonds is 3. The van der Waals surface area contributed by atoms with Gasteiger partial charge in [-0.25, -0.2) is 4.98 Å². The number of thiazole rings is 1. The first kappa shape index (κ1) is 14.4. The minimum absolute atomic E-state index is 0.152. The monoisotopic (exact) mass is 334 g/mol. The number of thioether (sulfide) groups is 1. The van der Waals surface area contributed by atoms with Gasteiger partial charge in [0.05, 0.1) is 10.2 Å². The van der Waals surface area contributed by atoms with E-state index in [1.807, 2.05) is 24.5 Å². The van der Waals surface area contributed by atoms with E-state index >= 15 is 0 Å². The predicted molar refractivity (Wildman–Crippen MR) is 90.8 cm³/mol. The van der Waals surface area contributed by atoms with E-state index in [1.165, 1.54) is 0 Å². The van der Waals surface area contributed by atoms with Crippen LogP contribution in [0.5, 0.6) is 0 Å². The highest BCUT2D eigenvalue weighted by molar-refractivity contribution is 8.00. The van der Waals surface area contributed by atoms with Crippen LogP contribution in [0.25, 0.3) is 10.2 Å². The van der Waals surface area contributed by atoms with Gasteiger partial charge >= 0.3 is 0 Å². The molecule has 2 aromatic carbocycles. The number of aromatic nitrogens is 1. The van der Waals surface area contributed by atoms with Crippen LogP contribution in [0.1, 0.15) is 10.4 Å². The van der Waals surface area contributed by atoms with E-state index in [4.69, 9.17) is 11.6 Å². The standard InChI is InChI=1S/C15H11ClN2OS2/c1-20-15-18-12-7-6-11(8-13(12)21-15)17-14(19)9-2-4-10(16)5-3-9/h2-8H,1H3,(H,17,19). The Kier molecular flexibility index (Phi) is 4.14. The highest BCUT2D eigenvalue weighted by atomic mass is 35.5. The topological polar surface area (TPSA) is 42.0 Å². The summed E-state index contributed by atoms with van der Waals surface area (Å²) in [6.45, 7) is 0. The van der Waals surface area contributed by atoms with Gasteiger partial charge in [-0.2, -0.15) is 0 Å². The molecule has 6 heteroatoms. The van der Waals surface area contributed by atoms with E-state index < -0.39 is 0 Å². The van der Waals surface area contributed by atoms with Crippen LogP contribution in [-0.2, 0) is 0 Å². The van der Waals surface area contributed by atoms with E-state index in [1.54, 1.807) is 47.4 Å². The van der Waals surface area contributed by atoms with Crippen LogP contribution < -0.4 is 5.32 Å². The van der Waals surface area contributed by atoms with Crippen molar-refractivity contribution in [2.45, 2.75) is 4.34 Å². The third kappa shape index (κ3) is 3.20. The fourth-order valence-corrected chi connectivity index (χ4v) is 3.53. The molecular weight excluding hydrogens is 324 g/mol. The molecular formula is C15H11ClN2OS2. The molecule has 0 spiro atoms. The fourth-order valence-electron chi connectivity index (χ4n) is 1.87. The van der Waals surface area contributed by atoms with E-state index in [0.29, 0.717) is 10.6 Å². The second kappa shape index (κ2) is 6.05. The van der Waals surface area contributed by atoms with Crippen molar-refractivity contribution in [1.29, 1.82) is 0 Å². The van der Waals surface area contributed by atoms with Gasteiger partial charge in [0.25, 0.3) is 5.91 Å². The lowest BCUT2D eigenvalue weighted by Gasteiger charge is -2.05. The molecule has 3 rings (SSSR count). The van der Waals surface area contributed by atoms with Gasteiger partial charge in [0, 0.05) is 16.3 Å². The van der Waals surface area contributed by atoms with Crippen LogP contribution in [0.15, 0.2) is 46.8 Å². The normalized spacial score (nSPS) is 10.8. The first-order valence-electron chi connectivity index (χ1n) is 6.17. The van der Waals surface area contributed by atoms with Gasteiger partial charge in [-0.3, -0.25) is 4.79 Å². The Hall–Kier alpha value is -1.56. The van der Waals surface area contributed by atoms with Crippen LogP contribution in [0, 0.1) is 0 Å². The van der Waals surface area contributed by atoms with Gasteiger partial charge in [0.15, 0.2) is 4.34 Å². The summed E-state index contributed by atoms with van der Waals surface area (Å²) < 4.78 is 2.08. The summed E-state index contributed by atoms with van der Waals surface area (Å²) in [6, 6.07) is 12.5. The average Bonchev–Trinajstić information content (AvgIpc) is 2.90. The fraction of sp³-hybridized carbons (Fsp3) is 0.0667. The Morgan fingerprint density at radius 2 is 2.00 bits per heavy atom. The number of benzene rings is 2. The molecule has 3 aromatic rings. The highest BCUT2D eigenvalue weighted by Crippen LogP contribution is 2.30. The Bertz CT molecular complexity index is 799. The second-order valence-electron chi connectivity index (χ2n) is 4.33. The largest absolute Gasteiger partial charge is 0.322 e. The molecule has 0 fully saturated rings. The van der Waals surface area contributed by atoms with Gasteiger partial charge in [-0.15, -0.1) is 11.3 Å². The molecule has 0 saturated heterocycles. The molecule has 106 valence electrons. The second-order valence-corrected chi connectivity index (χ2v) is 6.85. The van der Waals surface area contributed by atoms with Gasteiger partial charge in [-0.05, 0) is 48.7 Å². The van der Waals surface area contributed by atoms with Crippen LogP contribution in [0.3, 0.4) is 0 Å². The van der Waals surface area contributed by atoms with E-state index in [0.717, 1.165) is 20.2 Å². The summed E-state index contributed by atoms with van der Waals surface area (Å²) in [7, 11) is 0. The Morgan fingerprint density at radius 1 is 1.24 bits per heavy atom. The van der Waals surface area contributed by atoms with Crippen LogP contribution in [0.4, 0.5) is 5.69 Å². The number of nitrogens with zero attached hydrogens (tertiary/aromatic N) is 1. The summed E-state index contributed by atoms with van der Waals surface area (Å²) in [6.07, 6.45) is 2.00. The first-order chi connectivity index (χ1) is 10.2. The van der Waals surface area contributed by atoms with Crippen molar-refractivity contribution in [3.63, 3.8) is 0 Å². The lowest BCUT2D eigenvalue weighted by Crippen LogP contribution is -2.11. The SMILES string of the molecule is CSc1nc2ccc(NC(=O)c3ccc(Cl)cc3)cc2s1. The van der Waals surface area contributed by atoms with Crippen molar-refractivity contribution in [3.05, 3.63) is 53.1 Å². The molecule has 0 atom stereocenters. The Balaban J connectivity index is 1.83. The maximum Gasteiger partial charge on any atom is 0.255 e. The molecule has 1 heterocycles. The van der Waals surface area contributed by atoms with Gasteiger partial charge in [0.2, 0.25) is 0 Å². The number of anilines is 1.